The van der Waals surface area contributed by atoms with Crippen LogP contribution in [0.2, 0.25) is 0 Å². The van der Waals surface area contributed by atoms with E-state index in [9.17, 15) is 0 Å². The van der Waals surface area contributed by atoms with Gasteiger partial charge in [0.05, 0.1) is 0 Å². The number of anilines is 2. The number of nitrogens with two attached hydrogens (primary N) is 2. The Bertz CT molecular complexity index is 641. The molecule has 0 fully saturated rings. The van der Waals surface area contributed by atoms with Crippen molar-refractivity contribution < 1.29 is 0 Å². The minimum Gasteiger partial charge on any atom is -0.384 e. The van der Waals surface area contributed by atoms with Gasteiger partial charge in [-0.2, -0.15) is 0 Å². The molecule has 0 saturated carbocycles. The second kappa shape index (κ2) is 4.84. The van der Waals surface area contributed by atoms with Crippen LogP contribution in [-0.2, 0) is 0 Å². The third-order valence-corrected chi connectivity index (χ3v) is 2.57. The highest BCUT2D eigenvalue weighted by atomic mass is 15.3. The molecule has 4 N–H and O–H groups in total. The van der Waals surface area contributed by atoms with Crippen molar-refractivity contribution in [3.05, 3.63) is 36.7 Å². The fourth-order valence-electron chi connectivity index (χ4n) is 1.54. The summed E-state index contributed by atoms with van der Waals surface area (Å²) in [6, 6.07) is 6.84. The van der Waals surface area contributed by atoms with E-state index in [1.54, 1.807) is 36.7 Å². The molecule has 3 aromatic rings. The van der Waals surface area contributed by atoms with Crippen LogP contribution in [0.5, 0.6) is 0 Å². The van der Waals surface area contributed by atoms with Crippen LogP contribution in [-0.4, -0.2) is 30.4 Å². The maximum atomic E-state index is 5.52. The first-order chi connectivity index (χ1) is 9.72. The van der Waals surface area contributed by atoms with Gasteiger partial charge in [0.2, 0.25) is 11.6 Å². The molecule has 0 aliphatic heterocycles. The number of aromatic nitrogens is 6. The fraction of sp³-hybridized carbons (Fsp3) is 0. The van der Waals surface area contributed by atoms with E-state index >= 15 is 0 Å². The molecule has 0 aromatic carbocycles. The maximum Gasteiger partial charge on any atom is 0.205 e. The SMILES string of the molecule is Nc1ccc(-c2nnc(-c3ccc(N)nc3)nn2)cn1. The van der Waals surface area contributed by atoms with E-state index in [-0.39, 0.29) is 0 Å². The molecule has 8 heteroatoms. The lowest BCUT2D eigenvalue weighted by atomic mass is 10.2. The number of nitrogen functional groups attached to an aromatic ring is 2. The molecule has 8 nitrogen and oxygen atoms in total. The van der Waals surface area contributed by atoms with Gasteiger partial charge in [-0.3, -0.25) is 0 Å². The predicted molar refractivity (Wildman–Crippen MR) is 72.9 cm³/mol. The molecule has 20 heavy (non-hydrogen) atoms. The summed E-state index contributed by atoms with van der Waals surface area (Å²) in [7, 11) is 0. The molecule has 0 unspecified atom stereocenters. The summed E-state index contributed by atoms with van der Waals surface area (Å²) in [5, 5.41) is 16.1. The molecule has 3 aromatic heterocycles. The predicted octanol–water partition coefficient (Wildman–Crippen LogP) is 0.555. The molecule has 0 amide bonds. The van der Waals surface area contributed by atoms with E-state index in [1.165, 1.54) is 0 Å². The second-order valence-corrected chi connectivity index (χ2v) is 3.99. The maximum absolute atomic E-state index is 5.52. The Kier molecular flexibility index (Phi) is 2.88. The van der Waals surface area contributed by atoms with Crippen LogP contribution >= 0.6 is 0 Å². The van der Waals surface area contributed by atoms with Crippen LogP contribution in [0.4, 0.5) is 11.6 Å². The van der Waals surface area contributed by atoms with E-state index in [1.807, 2.05) is 0 Å². The summed E-state index contributed by atoms with van der Waals surface area (Å²) in [5.41, 5.74) is 12.4. The molecule has 0 bridgehead atoms. The van der Waals surface area contributed by atoms with Crippen LogP contribution in [0.3, 0.4) is 0 Å². The molecular weight excluding hydrogens is 256 g/mol. The van der Waals surface area contributed by atoms with E-state index in [0.717, 1.165) is 0 Å². The first-order valence-corrected chi connectivity index (χ1v) is 5.73. The van der Waals surface area contributed by atoms with Gasteiger partial charge in [0, 0.05) is 23.5 Å². The summed E-state index contributed by atoms with van der Waals surface area (Å²) in [4.78, 5) is 7.93. The van der Waals surface area contributed by atoms with E-state index < -0.39 is 0 Å². The number of hydrogen-bond acceptors (Lipinski definition) is 8. The minimum atomic E-state index is 0.379. The number of rotatable bonds is 2. The number of nitrogens with zero attached hydrogens (tertiary/aromatic N) is 6. The normalized spacial score (nSPS) is 10.4. The number of pyridine rings is 2. The van der Waals surface area contributed by atoms with Crippen molar-refractivity contribution in [3.63, 3.8) is 0 Å². The van der Waals surface area contributed by atoms with E-state index in [0.29, 0.717) is 34.4 Å². The Morgan fingerprint density at radius 2 is 1.00 bits per heavy atom. The Hall–Kier alpha value is -3.16. The van der Waals surface area contributed by atoms with Gasteiger partial charge in [-0.25, -0.2) is 9.97 Å². The minimum absolute atomic E-state index is 0.379. The Morgan fingerprint density at radius 1 is 0.600 bits per heavy atom. The lowest BCUT2D eigenvalue weighted by Gasteiger charge is -2.00. The van der Waals surface area contributed by atoms with E-state index in [4.69, 9.17) is 11.5 Å². The fourth-order valence-corrected chi connectivity index (χ4v) is 1.54. The molecule has 0 aliphatic rings. The summed E-state index contributed by atoms with van der Waals surface area (Å²) >= 11 is 0. The molecule has 3 rings (SSSR count). The van der Waals surface area contributed by atoms with Gasteiger partial charge < -0.3 is 11.5 Å². The topological polar surface area (TPSA) is 129 Å². The Labute approximate surface area is 113 Å². The quantitative estimate of drug-likeness (QED) is 0.688. The van der Waals surface area contributed by atoms with Crippen molar-refractivity contribution in [3.8, 4) is 22.8 Å². The van der Waals surface area contributed by atoms with Crippen LogP contribution in [0.25, 0.3) is 22.8 Å². The van der Waals surface area contributed by atoms with Gasteiger partial charge in [0.15, 0.2) is 0 Å². The molecule has 98 valence electrons. The highest BCUT2D eigenvalue weighted by molar-refractivity contribution is 5.57. The zero-order valence-corrected chi connectivity index (χ0v) is 10.3. The second-order valence-electron chi connectivity index (χ2n) is 3.99. The molecule has 0 atom stereocenters. The van der Waals surface area contributed by atoms with Crippen molar-refractivity contribution in [1.29, 1.82) is 0 Å². The first-order valence-electron chi connectivity index (χ1n) is 5.73. The van der Waals surface area contributed by atoms with Gasteiger partial charge in [-0.1, -0.05) is 0 Å². The molecule has 0 radical (unpaired) electrons. The lowest BCUT2D eigenvalue weighted by Crippen LogP contribution is -2.00. The monoisotopic (exact) mass is 266 g/mol. The highest BCUT2D eigenvalue weighted by Gasteiger charge is 2.07. The van der Waals surface area contributed by atoms with Crippen LogP contribution < -0.4 is 11.5 Å². The Morgan fingerprint density at radius 3 is 1.30 bits per heavy atom. The highest BCUT2D eigenvalue weighted by Crippen LogP contribution is 2.16. The summed E-state index contributed by atoms with van der Waals surface area (Å²) in [6.45, 7) is 0. The van der Waals surface area contributed by atoms with Gasteiger partial charge in [-0.05, 0) is 24.3 Å². The summed E-state index contributed by atoms with van der Waals surface area (Å²) in [5.74, 6) is 1.62. The van der Waals surface area contributed by atoms with Crippen molar-refractivity contribution in [1.82, 2.24) is 30.4 Å². The van der Waals surface area contributed by atoms with E-state index in [2.05, 4.69) is 30.4 Å². The molecule has 0 saturated heterocycles. The zero-order chi connectivity index (χ0) is 13.9. The zero-order valence-electron chi connectivity index (χ0n) is 10.3. The van der Waals surface area contributed by atoms with Crippen LogP contribution in [0.1, 0.15) is 0 Å². The first kappa shape index (κ1) is 11.9. The molecule has 3 heterocycles. The van der Waals surface area contributed by atoms with Gasteiger partial charge in [0.25, 0.3) is 0 Å². The standard InChI is InChI=1S/C12H10N8/c13-9-3-1-7(5-15-9)11-17-19-12(20-18-11)8-2-4-10(14)16-6-8/h1-6H,(H2,13,15)(H2,14,16). The van der Waals surface area contributed by atoms with Gasteiger partial charge >= 0.3 is 0 Å². The van der Waals surface area contributed by atoms with Crippen LogP contribution in [0, 0.1) is 0 Å². The smallest absolute Gasteiger partial charge is 0.205 e. The third-order valence-electron chi connectivity index (χ3n) is 2.57. The third kappa shape index (κ3) is 2.34. The average molecular weight is 266 g/mol. The average Bonchev–Trinajstić information content (AvgIpc) is 2.49. The van der Waals surface area contributed by atoms with Crippen LogP contribution in [0.15, 0.2) is 36.7 Å². The van der Waals surface area contributed by atoms with Crippen molar-refractivity contribution in [2.45, 2.75) is 0 Å². The molecule has 0 spiro atoms. The van der Waals surface area contributed by atoms with Crippen molar-refractivity contribution >= 4 is 11.6 Å². The summed E-state index contributed by atoms with van der Waals surface area (Å²) < 4.78 is 0. The van der Waals surface area contributed by atoms with Gasteiger partial charge in [-0.15, -0.1) is 20.4 Å². The summed E-state index contributed by atoms with van der Waals surface area (Å²) in [6.07, 6.45) is 3.14. The van der Waals surface area contributed by atoms with Gasteiger partial charge in [0.1, 0.15) is 11.6 Å². The van der Waals surface area contributed by atoms with Crippen molar-refractivity contribution in [2.75, 3.05) is 11.5 Å². The Balaban J connectivity index is 1.91. The van der Waals surface area contributed by atoms with Crippen molar-refractivity contribution in [2.24, 2.45) is 0 Å². The molecular formula is C12H10N8. The largest absolute Gasteiger partial charge is 0.384 e. The molecule has 0 aliphatic carbocycles. The number of hydrogen-bond donors (Lipinski definition) is 2. The lowest BCUT2D eigenvalue weighted by molar-refractivity contribution is 0.874.